The van der Waals surface area contributed by atoms with Crippen molar-refractivity contribution in [1.82, 2.24) is 0 Å². The monoisotopic (exact) mass is 953 g/mol. The summed E-state index contributed by atoms with van der Waals surface area (Å²) in [6, 6.07) is 94.0. The molecule has 0 N–H and O–H groups in total. The van der Waals surface area contributed by atoms with Crippen LogP contribution in [0.3, 0.4) is 0 Å². The SMILES string of the molecule is CC1(C)c2ccccc2-c2cc(N(c3ccc4c(c3)-c3ccccc3C43c4ccccc4-c4ccccc43)c3ccc4c(c3)C3(c5ccccc5-4)c4ccc5ccccc5c4Oc4c3ccc3ccccc43)ccc21. The van der Waals surface area contributed by atoms with Crippen molar-refractivity contribution in [2.24, 2.45) is 0 Å². The second kappa shape index (κ2) is 14.5. The first-order valence-corrected chi connectivity index (χ1v) is 26.4. The lowest BCUT2D eigenvalue weighted by atomic mass is 9.65. The number of anilines is 3. The summed E-state index contributed by atoms with van der Waals surface area (Å²) in [5.41, 5.74) is 25.3. The molecule has 0 bridgehead atoms. The number of ether oxygens (including phenoxy) is 1. The van der Waals surface area contributed by atoms with Gasteiger partial charge in [-0.3, -0.25) is 0 Å². The highest BCUT2D eigenvalue weighted by Gasteiger charge is 2.54. The summed E-state index contributed by atoms with van der Waals surface area (Å²) in [5.74, 6) is 1.84. The van der Waals surface area contributed by atoms with Crippen molar-refractivity contribution in [1.29, 1.82) is 0 Å². The van der Waals surface area contributed by atoms with E-state index in [1.165, 1.54) is 89.0 Å². The van der Waals surface area contributed by atoms with Crippen molar-refractivity contribution in [3.8, 4) is 56.0 Å². The minimum absolute atomic E-state index is 0.126. The van der Waals surface area contributed by atoms with Crippen molar-refractivity contribution in [3.63, 3.8) is 0 Å². The normalized spacial score (nSPS) is 15.2. The van der Waals surface area contributed by atoms with Crippen molar-refractivity contribution < 1.29 is 4.74 Å². The third-order valence-electron chi connectivity index (χ3n) is 18.1. The smallest absolute Gasteiger partial charge is 0.140 e. The van der Waals surface area contributed by atoms with Crippen LogP contribution in [0.1, 0.15) is 69.5 Å². The van der Waals surface area contributed by atoms with Gasteiger partial charge in [-0.2, -0.15) is 0 Å². The zero-order valence-corrected chi connectivity index (χ0v) is 41.5. The minimum Gasteiger partial charge on any atom is -0.455 e. The molecule has 5 aliphatic rings. The molecule has 2 spiro atoms. The number of nitrogens with zero attached hydrogens (tertiary/aromatic N) is 1. The molecule has 1 heterocycles. The molecule has 0 atom stereocenters. The van der Waals surface area contributed by atoms with Crippen LogP contribution in [-0.2, 0) is 16.2 Å². The summed E-state index contributed by atoms with van der Waals surface area (Å²) < 4.78 is 7.37. The van der Waals surface area contributed by atoms with Crippen molar-refractivity contribution >= 4 is 38.6 Å². The standard InChI is InChI=1S/C73H47NO/c1-71(2)59-26-12-7-24-54(59)57-41-46(34-39-60(57)71)74(47-35-40-65-58(42-47)55-25-11-16-30-64(55)72(65)61-27-13-8-21-51(61)52-22-9-14-28-62(52)72)48-33-36-56-53-23-10-15-29-63(53)73(68(56)43-48)66-37-31-44-17-3-5-19-49(44)69(66)75-70-50-20-6-4-18-45(50)32-38-67(70)73/h3-43H,1-2H3. The number of fused-ring (bicyclic) bond motifs is 26. The fraction of sp³-hybridized carbons (Fsp3) is 0.0685. The molecule has 1 aliphatic heterocycles. The zero-order valence-electron chi connectivity index (χ0n) is 41.5. The number of benzene rings is 12. The molecule has 12 aromatic rings. The van der Waals surface area contributed by atoms with Crippen molar-refractivity contribution in [2.45, 2.75) is 30.1 Å². The van der Waals surface area contributed by atoms with Gasteiger partial charge in [-0.1, -0.05) is 226 Å². The van der Waals surface area contributed by atoms with Crippen LogP contribution in [-0.4, -0.2) is 0 Å². The minimum atomic E-state index is -0.696. The molecule has 0 radical (unpaired) electrons. The fourth-order valence-corrected chi connectivity index (χ4v) is 15.1. The van der Waals surface area contributed by atoms with Gasteiger partial charge in [0.25, 0.3) is 0 Å². The lowest BCUT2D eigenvalue weighted by molar-refractivity contribution is 0.447. The van der Waals surface area contributed by atoms with Crippen LogP contribution in [0, 0.1) is 0 Å². The molecule has 0 fully saturated rings. The topological polar surface area (TPSA) is 12.5 Å². The van der Waals surface area contributed by atoms with Crippen LogP contribution in [0.5, 0.6) is 11.5 Å². The van der Waals surface area contributed by atoms with Gasteiger partial charge in [0, 0.05) is 44.4 Å². The Morgan fingerprint density at radius 1 is 0.267 bits per heavy atom. The average Bonchev–Trinajstić information content (AvgIpc) is 4.33. The van der Waals surface area contributed by atoms with E-state index < -0.39 is 10.8 Å². The molecular formula is C73H47NO. The maximum absolute atomic E-state index is 7.37. The first-order chi connectivity index (χ1) is 37.0. The largest absolute Gasteiger partial charge is 0.455 e. The predicted octanol–water partition coefficient (Wildman–Crippen LogP) is 18.6. The zero-order chi connectivity index (χ0) is 49.4. The second-order valence-electron chi connectivity index (χ2n) is 21.8. The molecule has 0 saturated heterocycles. The molecule has 12 aromatic carbocycles. The quantitative estimate of drug-likeness (QED) is 0.175. The van der Waals surface area contributed by atoms with Gasteiger partial charge < -0.3 is 9.64 Å². The Labute approximate surface area is 436 Å². The summed E-state index contributed by atoms with van der Waals surface area (Å²) in [6.45, 7) is 4.74. The van der Waals surface area contributed by atoms with Crippen molar-refractivity contribution in [3.05, 3.63) is 304 Å². The number of hydrogen-bond acceptors (Lipinski definition) is 2. The predicted molar refractivity (Wildman–Crippen MR) is 307 cm³/mol. The van der Waals surface area contributed by atoms with E-state index in [1.807, 2.05) is 0 Å². The fourth-order valence-electron chi connectivity index (χ4n) is 15.1. The molecular weight excluding hydrogens is 907 g/mol. The molecule has 0 aromatic heterocycles. The van der Waals surface area contributed by atoms with Crippen LogP contribution in [0.15, 0.2) is 249 Å². The Morgan fingerprint density at radius 2 is 0.600 bits per heavy atom. The van der Waals surface area contributed by atoms with Crippen LogP contribution in [0.2, 0.25) is 0 Å². The lowest BCUT2D eigenvalue weighted by Gasteiger charge is -2.40. The van der Waals surface area contributed by atoms with E-state index in [0.29, 0.717) is 0 Å². The maximum atomic E-state index is 7.37. The Morgan fingerprint density at radius 3 is 1.13 bits per heavy atom. The second-order valence-corrected chi connectivity index (χ2v) is 21.8. The third-order valence-corrected chi connectivity index (χ3v) is 18.1. The molecule has 4 aliphatic carbocycles. The first-order valence-electron chi connectivity index (χ1n) is 26.4. The highest BCUT2D eigenvalue weighted by molar-refractivity contribution is 6.02. The molecule has 0 unspecified atom stereocenters. The van der Waals surface area contributed by atoms with Crippen LogP contribution < -0.4 is 9.64 Å². The summed E-state index contributed by atoms with van der Waals surface area (Å²) in [6.07, 6.45) is 0. The van der Waals surface area contributed by atoms with Crippen LogP contribution in [0.4, 0.5) is 17.1 Å². The van der Waals surface area contributed by atoms with Crippen LogP contribution >= 0.6 is 0 Å². The summed E-state index contributed by atoms with van der Waals surface area (Å²) in [4.78, 5) is 2.54. The van der Waals surface area contributed by atoms with Gasteiger partial charge in [0.2, 0.25) is 0 Å². The molecule has 0 amide bonds. The van der Waals surface area contributed by atoms with Gasteiger partial charge in [-0.25, -0.2) is 0 Å². The summed E-state index contributed by atoms with van der Waals surface area (Å²) >= 11 is 0. The van der Waals surface area contributed by atoms with Gasteiger partial charge in [0.1, 0.15) is 11.5 Å². The Kier molecular flexibility index (Phi) is 7.97. The Bertz CT molecular complexity index is 4380. The lowest BCUT2D eigenvalue weighted by Crippen LogP contribution is -2.32. The summed E-state index contributed by atoms with van der Waals surface area (Å²) in [5, 5.41) is 4.54. The van der Waals surface area contributed by atoms with E-state index >= 15 is 0 Å². The van der Waals surface area contributed by atoms with Gasteiger partial charge in [-0.05, 0) is 136 Å². The number of hydrogen-bond donors (Lipinski definition) is 0. The van der Waals surface area contributed by atoms with E-state index in [4.69, 9.17) is 4.74 Å². The van der Waals surface area contributed by atoms with Crippen molar-refractivity contribution in [2.75, 3.05) is 4.90 Å². The molecule has 75 heavy (non-hydrogen) atoms. The van der Waals surface area contributed by atoms with E-state index in [0.717, 1.165) is 61.2 Å². The summed E-state index contributed by atoms with van der Waals surface area (Å²) in [7, 11) is 0. The maximum Gasteiger partial charge on any atom is 0.140 e. The van der Waals surface area contributed by atoms with Gasteiger partial charge >= 0.3 is 0 Å². The van der Waals surface area contributed by atoms with E-state index in [2.05, 4.69) is 267 Å². The molecule has 17 rings (SSSR count). The Balaban J connectivity index is 0.953. The van der Waals surface area contributed by atoms with Crippen LogP contribution in [0.25, 0.3) is 66.1 Å². The van der Waals surface area contributed by atoms with Gasteiger partial charge in [-0.15, -0.1) is 0 Å². The average molecular weight is 954 g/mol. The van der Waals surface area contributed by atoms with Gasteiger partial charge in [0.15, 0.2) is 0 Å². The molecule has 0 saturated carbocycles. The first kappa shape index (κ1) is 41.3. The molecule has 2 nitrogen and oxygen atoms in total. The highest BCUT2D eigenvalue weighted by Crippen LogP contribution is 2.66. The van der Waals surface area contributed by atoms with E-state index in [-0.39, 0.29) is 5.41 Å². The van der Waals surface area contributed by atoms with E-state index in [1.54, 1.807) is 0 Å². The Hall–Kier alpha value is -9.24. The highest BCUT2D eigenvalue weighted by atomic mass is 16.5. The molecule has 350 valence electrons. The molecule has 2 heteroatoms. The number of rotatable bonds is 3. The third kappa shape index (κ3) is 5.05. The van der Waals surface area contributed by atoms with E-state index in [9.17, 15) is 0 Å². The van der Waals surface area contributed by atoms with Gasteiger partial charge in [0.05, 0.1) is 10.8 Å².